The first-order valence-corrected chi connectivity index (χ1v) is 11.9. The van der Waals surface area contributed by atoms with E-state index < -0.39 is 16.1 Å². The highest BCUT2D eigenvalue weighted by Crippen LogP contribution is 2.33. The zero-order chi connectivity index (χ0) is 19.7. The second-order valence-corrected chi connectivity index (χ2v) is 10.8. The molecule has 0 spiro atoms. The molecule has 1 saturated heterocycles. The predicted octanol–water partition coefficient (Wildman–Crippen LogP) is 3.71. The Kier molecular flexibility index (Phi) is 5.48. The third-order valence-electron chi connectivity index (χ3n) is 4.31. The molecule has 1 aliphatic heterocycles. The van der Waals surface area contributed by atoms with Crippen molar-refractivity contribution in [3.63, 3.8) is 0 Å². The number of rotatable bonds is 5. The number of thiophene rings is 1. The topological polar surface area (TPSA) is 92.3 Å². The average molecular weight is 455 g/mol. The van der Waals surface area contributed by atoms with E-state index in [1.165, 1.54) is 21.7 Å². The molecule has 3 aromatic rings. The van der Waals surface area contributed by atoms with Gasteiger partial charge in [0.15, 0.2) is 5.13 Å². The Labute approximate surface area is 175 Å². The third-order valence-corrected chi connectivity index (χ3v) is 8.67. The van der Waals surface area contributed by atoms with Gasteiger partial charge < -0.3 is 5.32 Å². The number of amides is 1. The summed E-state index contributed by atoms with van der Waals surface area (Å²) in [7, 11) is -3.76. The quantitative estimate of drug-likeness (QED) is 0.634. The molecule has 0 unspecified atom stereocenters. The monoisotopic (exact) mass is 454 g/mol. The minimum Gasteiger partial charge on any atom is -0.301 e. The Balaban J connectivity index is 1.51. The lowest BCUT2D eigenvalue weighted by Gasteiger charge is -2.22. The van der Waals surface area contributed by atoms with Crippen LogP contribution in [0.15, 0.2) is 46.2 Å². The molecular weight excluding hydrogens is 440 g/mol. The van der Waals surface area contributed by atoms with Gasteiger partial charge in [0.1, 0.15) is 10.3 Å². The number of hydrogen-bond acceptors (Lipinski definition) is 7. The molecule has 1 atom stereocenters. The summed E-state index contributed by atoms with van der Waals surface area (Å²) in [6.07, 6.45) is 4.45. The van der Waals surface area contributed by atoms with Gasteiger partial charge in [0, 0.05) is 29.9 Å². The zero-order valence-corrected chi connectivity index (χ0v) is 17.6. The second-order valence-electron chi connectivity index (χ2n) is 6.10. The van der Waals surface area contributed by atoms with Gasteiger partial charge in [-0.3, -0.25) is 9.78 Å². The SMILES string of the molecule is O=C(Nc1nc(-c2cccnc2)cs1)[C@H]1CCCN1S(=O)(=O)c1ccc(Cl)s1. The minimum atomic E-state index is -3.76. The first kappa shape index (κ1) is 19.5. The van der Waals surface area contributed by atoms with Gasteiger partial charge in [-0.15, -0.1) is 22.7 Å². The summed E-state index contributed by atoms with van der Waals surface area (Å²) >= 11 is 8.15. The normalized spacial score (nSPS) is 17.7. The van der Waals surface area contributed by atoms with Crippen LogP contribution in [-0.4, -0.2) is 41.2 Å². The van der Waals surface area contributed by atoms with E-state index in [9.17, 15) is 13.2 Å². The van der Waals surface area contributed by atoms with E-state index >= 15 is 0 Å². The van der Waals surface area contributed by atoms with Crippen LogP contribution in [0, 0.1) is 0 Å². The number of thiazole rings is 1. The maximum absolute atomic E-state index is 12.9. The molecule has 146 valence electrons. The fraction of sp³-hybridized carbons (Fsp3) is 0.235. The van der Waals surface area contributed by atoms with Gasteiger partial charge in [-0.2, -0.15) is 4.31 Å². The number of carbonyl (C=O) groups excluding carboxylic acids is 1. The molecule has 0 aromatic carbocycles. The Morgan fingerprint density at radius 1 is 1.32 bits per heavy atom. The fourth-order valence-corrected chi connectivity index (χ4v) is 7.00. The van der Waals surface area contributed by atoms with Crippen LogP contribution in [0.5, 0.6) is 0 Å². The third kappa shape index (κ3) is 3.83. The molecule has 0 aliphatic carbocycles. The minimum absolute atomic E-state index is 0.144. The van der Waals surface area contributed by atoms with E-state index in [0.29, 0.717) is 34.5 Å². The highest BCUT2D eigenvalue weighted by atomic mass is 35.5. The highest BCUT2D eigenvalue weighted by Gasteiger charge is 2.40. The number of halogens is 1. The van der Waals surface area contributed by atoms with Crippen molar-refractivity contribution in [2.24, 2.45) is 0 Å². The zero-order valence-electron chi connectivity index (χ0n) is 14.4. The summed E-state index contributed by atoms with van der Waals surface area (Å²) in [5.74, 6) is -0.379. The highest BCUT2D eigenvalue weighted by molar-refractivity contribution is 7.91. The van der Waals surface area contributed by atoms with Crippen molar-refractivity contribution in [3.05, 3.63) is 46.4 Å². The van der Waals surface area contributed by atoms with E-state index in [2.05, 4.69) is 15.3 Å². The number of nitrogens with one attached hydrogen (secondary N) is 1. The molecule has 1 N–H and O–H groups in total. The number of carbonyl (C=O) groups is 1. The Morgan fingerprint density at radius 2 is 2.18 bits per heavy atom. The van der Waals surface area contributed by atoms with Crippen LogP contribution in [0.25, 0.3) is 11.3 Å². The van der Waals surface area contributed by atoms with Crippen LogP contribution in [0.1, 0.15) is 12.8 Å². The van der Waals surface area contributed by atoms with Crippen molar-refractivity contribution in [2.45, 2.75) is 23.1 Å². The largest absolute Gasteiger partial charge is 0.301 e. The predicted molar refractivity (Wildman–Crippen MR) is 110 cm³/mol. The van der Waals surface area contributed by atoms with Crippen molar-refractivity contribution in [1.29, 1.82) is 0 Å². The molecule has 11 heteroatoms. The van der Waals surface area contributed by atoms with Crippen LogP contribution in [-0.2, 0) is 14.8 Å². The van der Waals surface area contributed by atoms with Gasteiger partial charge >= 0.3 is 0 Å². The van der Waals surface area contributed by atoms with Crippen LogP contribution in [0.3, 0.4) is 0 Å². The first-order chi connectivity index (χ1) is 13.4. The number of anilines is 1. The van der Waals surface area contributed by atoms with E-state index in [-0.39, 0.29) is 10.1 Å². The van der Waals surface area contributed by atoms with Crippen molar-refractivity contribution < 1.29 is 13.2 Å². The van der Waals surface area contributed by atoms with Crippen molar-refractivity contribution in [1.82, 2.24) is 14.3 Å². The van der Waals surface area contributed by atoms with Crippen molar-refractivity contribution in [3.8, 4) is 11.3 Å². The maximum Gasteiger partial charge on any atom is 0.253 e. The van der Waals surface area contributed by atoms with E-state index in [0.717, 1.165) is 16.9 Å². The van der Waals surface area contributed by atoms with Crippen LogP contribution in [0.4, 0.5) is 5.13 Å². The van der Waals surface area contributed by atoms with Crippen molar-refractivity contribution in [2.75, 3.05) is 11.9 Å². The Morgan fingerprint density at radius 3 is 2.89 bits per heavy atom. The van der Waals surface area contributed by atoms with Gasteiger partial charge in [0.05, 0.1) is 10.0 Å². The lowest BCUT2D eigenvalue weighted by atomic mass is 10.2. The van der Waals surface area contributed by atoms with E-state index in [1.54, 1.807) is 18.5 Å². The van der Waals surface area contributed by atoms with Gasteiger partial charge in [0.2, 0.25) is 5.91 Å². The molecule has 4 rings (SSSR count). The summed E-state index contributed by atoms with van der Waals surface area (Å²) in [6, 6.07) is 5.93. The molecule has 0 bridgehead atoms. The molecule has 1 fully saturated rings. The molecule has 0 radical (unpaired) electrons. The Bertz CT molecular complexity index is 1100. The summed E-state index contributed by atoms with van der Waals surface area (Å²) < 4.78 is 27.6. The van der Waals surface area contributed by atoms with Crippen LogP contribution >= 0.6 is 34.3 Å². The molecule has 0 saturated carbocycles. The molecule has 7 nitrogen and oxygen atoms in total. The fourth-order valence-electron chi connectivity index (χ4n) is 3.01. The number of aromatic nitrogens is 2. The first-order valence-electron chi connectivity index (χ1n) is 8.39. The van der Waals surface area contributed by atoms with E-state index in [4.69, 9.17) is 11.6 Å². The van der Waals surface area contributed by atoms with Gasteiger partial charge in [-0.05, 0) is 37.1 Å². The molecular formula is C17H15ClN4O3S3. The number of hydrogen-bond donors (Lipinski definition) is 1. The number of pyridine rings is 1. The lowest BCUT2D eigenvalue weighted by molar-refractivity contribution is -0.119. The molecule has 3 aromatic heterocycles. The summed E-state index contributed by atoms with van der Waals surface area (Å²) in [6.45, 7) is 0.300. The summed E-state index contributed by atoms with van der Waals surface area (Å²) in [5.41, 5.74) is 1.55. The van der Waals surface area contributed by atoms with Gasteiger partial charge in [-0.25, -0.2) is 13.4 Å². The molecule has 1 amide bonds. The second kappa shape index (κ2) is 7.88. The molecule has 1 aliphatic rings. The lowest BCUT2D eigenvalue weighted by Crippen LogP contribution is -2.42. The number of nitrogens with zero attached hydrogens (tertiary/aromatic N) is 3. The van der Waals surface area contributed by atoms with Crippen molar-refractivity contribution >= 4 is 55.3 Å². The standard InChI is InChI=1S/C17H15ClN4O3S3/c18-14-5-6-15(27-14)28(24,25)22-8-2-4-13(22)16(23)21-17-20-12(10-26-17)11-3-1-7-19-9-11/h1,3,5-7,9-10,13H,2,4,8H2,(H,20,21,23)/t13-/m1/s1. The van der Waals surface area contributed by atoms with Crippen LogP contribution in [0.2, 0.25) is 4.34 Å². The van der Waals surface area contributed by atoms with Gasteiger partial charge in [-0.1, -0.05) is 11.6 Å². The maximum atomic E-state index is 12.9. The molecule has 28 heavy (non-hydrogen) atoms. The molecule has 4 heterocycles. The smallest absolute Gasteiger partial charge is 0.253 e. The number of sulfonamides is 1. The Hall–Kier alpha value is -1.85. The van der Waals surface area contributed by atoms with Crippen LogP contribution < -0.4 is 5.32 Å². The summed E-state index contributed by atoms with van der Waals surface area (Å²) in [5, 5.41) is 5.00. The van der Waals surface area contributed by atoms with Gasteiger partial charge in [0.25, 0.3) is 10.0 Å². The average Bonchev–Trinajstić information content (AvgIpc) is 3.43. The van der Waals surface area contributed by atoms with E-state index in [1.807, 2.05) is 17.5 Å². The summed E-state index contributed by atoms with van der Waals surface area (Å²) in [4.78, 5) is 21.2.